The molecule has 0 fully saturated rings. The van der Waals surface area contributed by atoms with E-state index in [1.807, 2.05) is 24.8 Å². The zero-order valence-corrected chi connectivity index (χ0v) is 10.6. The van der Waals surface area contributed by atoms with E-state index in [0.717, 1.165) is 5.69 Å². The molecular weight excluding hydrogens is 228 g/mol. The third-order valence-corrected chi connectivity index (χ3v) is 2.62. The van der Waals surface area contributed by atoms with Gasteiger partial charge in [-0.2, -0.15) is 5.26 Å². The van der Waals surface area contributed by atoms with Crippen LogP contribution in [0.25, 0.3) is 0 Å². The fraction of sp³-hybridized carbons (Fsp3) is 0.286. The summed E-state index contributed by atoms with van der Waals surface area (Å²) < 4.78 is 0. The molecule has 0 atom stereocenters. The standard InChI is InChI=1S/C14H16N2O2/c1-4-7-16(10(2)3)13-6-5-11(14(17)18)8-12(13)9-15/h4-6,8,10H,1,7H2,2-3H3,(H,17,18). The largest absolute Gasteiger partial charge is 0.478 e. The number of carboxylic acid groups (broad SMARTS) is 1. The van der Waals surface area contributed by atoms with Crippen LogP contribution in [0.2, 0.25) is 0 Å². The van der Waals surface area contributed by atoms with E-state index in [1.54, 1.807) is 12.1 Å². The second-order valence-corrected chi connectivity index (χ2v) is 4.18. The smallest absolute Gasteiger partial charge is 0.335 e. The van der Waals surface area contributed by atoms with Crippen LogP contribution in [0.3, 0.4) is 0 Å². The van der Waals surface area contributed by atoms with E-state index in [2.05, 4.69) is 6.58 Å². The number of hydrogen-bond donors (Lipinski definition) is 1. The average molecular weight is 244 g/mol. The Labute approximate surface area is 107 Å². The fourth-order valence-electron chi connectivity index (χ4n) is 1.74. The summed E-state index contributed by atoms with van der Waals surface area (Å²) in [5, 5.41) is 18.0. The molecule has 18 heavy (non-hydrogen) atoms. The average Bonchev–Trinajstić information content (AvgIpc) is 2.34. The van der Waals surface area contributed by atoms with Crippen LogP contribution in [0, 0.1) is 11.3 Å². The Kier molecular flexibility index (Phi) is 4.50. The third-order valence-electron chi connectivity index (χ3n) is 2.62. The molecule has 0 saturated heterocycles. The van der Waals surface area contributed by atoms with E-state index >= 15 is 0 Å². The van der Waals surface area contributed by atoms with Crippen LogP contribution in [0.15, 0.2) is 30.9 Å². The second kappa shape index (κ2) is 5.87. The lowest BCUT2D eigenvalue weighted by molar-refractivity contribution is 0.0697. The Morgan fingerprint density at radius 2 is 2.28 bits per heavy atom. The van der Waals surface area contributed by atoms with Gasteiger partial charge in [-0.15, -0.1) is 6.58 Å². The summed E-state index contributed by atoms with van der Waals surface area (Å²) in [4.78, 5) is 12.9. The molecule has 94 valence electrons. The first kappa shape index (κ1) is 13.8. The van der Waals surface area contributed by atoms with Crippen molar-refractivity contribution in [2.75, 3.05) is 11.4 Å². The fourth-order valence-corrected chi connectivity index (χ4v) is 1.74. The summed E-state index contributed by atoms with van der Waals surface area (Å²) in [6, 6.07) is 6.83. The van der Waals surface area contributed by atoms with E-state index in [9.17, 15) is 4.79 Å². The monoisotopic (exact) mass is 244 g/mol. The number of carboxylic acids is 1. The van der Waals surface area contributed by atoms with Gasteiger partial charge in [0.1, 0.15) is 6.07 Å². The van der Waals surface area contributed by atoms with Crippen molar-refractivity contribution in [3.8, 4) is 6.07 Å². The first-order valence-corrected chi connectivity index (χ1v) is 5.66. The van der Waals surface area contributed by atoms with E-state index < -0.39 is 5.97 Å². The zero-order valence-electron chi connectivity index (χ0n) is 10.6. The van der Waals surface area contributed by atoms with E-state index in [0.29, 0.717) is 12.1 Å². The number of aromatic carboxylic acids is 1. The first-order chi connectivity index (χ1) is 8.51. The maximum Gasteiger partial charge on any atom is 0.335 e. The number of nitrogens with zero attached hydrogens (tertiary/aromatic N) is 2. The molecule has 1 aromatic rings. The van der Waals surface area contributed by atoms with Gasteiger partial charge in [-0.1, -0.05) is 6.08 Å². The number of nitriles is 1. The first-order valence-electron chi connectivity index (χ1n) is 5.66. The molecule has 4 nitrogen and oxygen atoms in total. The minimum atomic E-state index is -1.03. The van der Waals surface area contributed by atoms with Gasteiger partial charge in [0.25, 0.3) is 0 Å². The molecule has 0 spiro atoms. The Morgan fingerprint density at radius 1 is 1.61 bits per heavy atom. The lowest BCUT2D eigenvalue weighted by Crippen LogP contribution is -2.31. The Hall–Kier alpha value is -2.28. The topological polar surface area (TPSA) is 64.3 Å². The molecule has 4 heteroatoms. The molecular formula is C14H16N2O2. The second-order valence-electron chi connectivity index (χ2n) is 4.18. The van der Waals surface area contributed by atoms with E-state index in [1.165, 1.54) is 12.1 Å². The maximum absolute atomic E-state index is 10.9. The summed E-state index contributed by atoms with van der Waals surface area (Å²) in [5.74, 6) is -1.03. The number of hydrogen-bond acceptors (Lipinski definition) is 3. The highest BCUT2D eigenvalue weighted by Crippen LogP contribution is 2.23. The Balaban J connectivity index is 3.27. The molecule has 0 heterocycles. The van der Waals surface area contributed by atoms with Gasteiger partial charge in [0, 0.05) is 12.6 Å². The molecule has 0 aliphatic rings. The SMILES string of the molecule is C=CCN(c1ccc(C(=O)O)cc1C#N)C(C)C. The lowest BCUT2D eigenvalue weighted by Gasteiger charge is -2.28. The molecule has 0 bridgehead atoms. The number of benzene rings is 1. The zero-order chi connectivity index (χ0) is 13.7. The molecule has 0 aliphatic heterocycles. The molecule has 0 aromatic heterocycles. The van der Waals surface area contributed by atoms with Crippen LogP contribution in [0.1, 0.15) is 29.8 Å². The van der Waals surface area contributed by atoms with Gasteiger partial charge in [0.05, 0.1) is 16.8 Å². The van der Waals surface area contributed by atoms with Crippen LogP contribution in [0.4, 0.5) is 5.69 Å². The van der Waals surface area contributed by atoms with Crippen molar-refractivity contribution < 1.29 is 9.90 Å². The van der Waals surface area contributed by atoms with Crippen LogP contribution in [0.5, 0.6) is 0 Å². The van der Waals surface area contributed by atoms with Crippen molar-refractivity contribution in [1.82, 2.24) is 0 Å². The minimum absolute atomic E-state index is 0.123. The van der Waals surface area contributed by atoms with Crippen LogP contribution in [-0.2, 0) is 0 Å². The van der Waals surface area contributed by atoms with Crippen molar-refractivity contribution in [3.05, 3.63) is 42.0 Å². The highest BCUT2D eigenvalue weighted by atomic mass is 16.4. The number of carbonyl (C=O) groups is 1. The molecule has 0 radical (unpaired) electrons. The van der Waals surface area contributed by atoms with E-state index in [4.69, 9.17) is 10.4 Å². The quantitative estimate of drug-likeness (QED) is 0.809. The van der Waals surface area contributed by atoms with Gasteiger partial charge >= 0.3 is 5.97 Å². The van der Waals surface area contributed by atoms with Crippen LogP contribution >= 0.6 is 0 Å². The molecule has 1 rings (SSSR count). The number of anilines is 1. The van der Waals surface area contributed by atoms with Crippen molar-refractivity contribution in [2.45, 2.75) is 19.9 Å². The summed E-state index contributed by atoms with van der Waals surface area (Å²) in [6.07, 6.45) is 1.76. The van der Waals surface area contributed by atoms with Gasteiger partial charge in [-0.05, 0) is 32.0 Å². The Bertz CT molecular complexity index is 501. The summed E-state index contributed by atoms with van der Waals surface area (Å²) >= 11 is 0. The van der Waals surface area contributed by atoms with Gasteiger partial charge in [-0.3, -0.25) is 0 Å². The molecule has 0 saturated carbocycles. The van der Waals surface area contributed by atoms with Crippen molar-refractivity contribution >= 4 is 11.7 Å². The third kappa shape index (κ3) is 2.89. The van der Waals surface area contributed by atoms with Crippen LogP contribution in [-0.4, -0.2) is 23.7 Å². The molecule has 0 amide bonds. The highest BCUT2D eigenvalue weighted by Gasteiger charge is 2.15. The van der Waals surface area contributed by atoms with Gasteiger partial charge in [-0.25, -0.2) is 4.79 Å². The molecule has 0 aliphatic carbocycles. The summed E-state index contributed by atoms with van der Waals surface area (Å²) in [5.41, 5.74) is 1.22. The highest BCUT2D eigenvalue weighted by molar-refractivity contribution is 5.89. The predicted molar refractivity (Wildman–Crippen MR) is 70.8 cm³/mol. The van der Waals surface area contributed by atoms with Crippen molar-refractivity contribution in [1.29, 1.82) is 5.26 Å². The predicted octanol–water partition coefficient (Wildman–Crippen LogP) is 2.66. The summed E-state index contributed by atoms with van der Waals surface area (Å²) in [6.45, 7) is 8.32. The maximum atomic E-state index is 10.9. The van der Waals surface area contributed by atoms with Gasteiger partial charge in [0.2, 0.25) is 0 Å². The van der Waals surface area contributed by atoms with E-state index in [-0.39, 0.29) is 11.6 Å². The molecule has 0 unspecified atom stereocenters. The van der Waals surface area contributed by atoms with Gasteiger partial charge < -0.3 is 10.0 Å². The van der Waals surface area contributed by atoms with Crippen molar-refractivity contribution in [2.24, 2.45) is 0 Å². The summed E-state index contributed by atoms with van der Waals surface area (Å²) in [7, 11) is 0. The van der Waals surface area contributed by atoms with Gasteiger partial charge in [0.15, 0.2) is 0 Å². The molecule has 1 aromatic carbocycles. The van der Waals surface area contributed by atoms with Crippen molar-refractivity contribution in [3.63, 3.8) is 0 Å². The minimum Gasteiger partial charge on any atom is -0.478 e. The van der Waals surface area contributed by atoms with Crippen LogP contribution < -0.4 is 4.90 Å². The molecule has 1 N–H and O–H groups in total. The lowest BCUT2D eigenvalue weighted by atomic mass is 10.1. The normalized spacial score (nSPS) is 9.89. The number of rotatable bonds is 5. The Morgan fingerprint density at radius 3 is 2.72 bits per heavy atom.